The number of hydrogen-bond donors (Lipinski definition) is 2. The number of urea groups is 1. The molecule has 1 aliphatic rings. The molecule has 1 aliphatic heterocycles. The van der Waals surface area contributed by atoms with E-state index in [1.54, 1.807) is 35.9 Å². The summed E-state index contributed by atoms with van der Waals surface area (Å²) < 4.78 is 0. The average Bonchev–Trinajstić information content (AvgIpc) is 3.12. The molecule has 2 amide bonds. The van der Waals surface area contributed by atoms with Gasteiger partial charge < -0.3 is 15.5 Å². The molecule has 0 saturated carbocycles. The summed E-state index contributed by atoms with van der Waals surface area (Å²) in [6, 6.07) is 7.81. The highest BCUT2D eigenvalue weighted by Crippen LogP contribution is 2.25. The molecule has 0 unspecified atom stereocenters. The molecule has 6 nitrogen and oxygen atoms in total. The maximum atomic E-state index is 12.2. The minimum Gasteiger partial charge on any atom is -0.336 e. The summed E-state index contributed by atoms with van der Waals surface area (Å²) in [5, 5.41) is 7.94. The lowest BCUT2D eigenvalue weighted by molar-refractivity contribution is 0.113. The fourth-order valence-corrected chi connectivity index (χ4v) is 3.68. The highest BCUT2D eigenvalue weighted by molar-refractivity contribution is 7.10. The molecular formula is C17H23N5OS. The molecule has 3 rings (SSSR count). The van der Waals surface area contributed by atoms with Crippen LogP contribution in [-0.4, -0.2) is 60.6 Å². The van der Waals surface area contributed by atoms with E-state index >= 15 is 0 Å². The third kappa shape index (κ3) is 4.53. The summed E-state index contributed by atoms with van der Waals surface area (Å²) in [6.45, 7) is 4.76. The van der Waals surface area contributed by atoms with Gasteiger partial charge in [-0.05, 0) is 30.6 Å². The Bertz CT molecular complexity index is 626. The van der Waals surface area contributed by atoms with Gasteiger partial charge in [0.1, 0.15) is 0 Å². The van der Waals surface area contributed by atoms with Crippen molar-refractivity contribution in [2.45, 2.75) is 6.04 Å². The number of carbonyl (C=O) groups is 1. The third-order valence-corrected chi connectivity index (χ3v) is 5.22. The maximum Gasteiger partial charge on any atom is 0.319 e. The van der Waals surface area contributed by atoms with Gasteiger partial charge in [0, 0.05) is 55.7 Å². The predicted molar refractivity (Wildman–Crippen MR) is 97.4 cm³/mol. The molecule has 1 fully saturated rings. The van der Waals surface area contributed by atoms with Gasteiger partial charge in [-0.3, -0.25) is 9.88 Å². The third-order valence-electron chi connectivity index (χ3n) is 4.24. The number of likely N-dealkylation sites (N-methyl/N-ethyl adjacent to an activating group) is 1. The van der Waals surface area contributed by atoms with E-state index in [9.17, 15) is 4.79 Å². The van der Waals surface area contributed by atoms with Crippen molar-refractivity contribution < 1.29 is 4.79 Å². The van der Waals surface area contributed by atoms with Crippen molar-refractivity contribution in [2.75, 3.05) is 45.1 Å². The zero-order chi connectivity index (χ0) is 16.8. The molecule has 0 spiro atoms. The number of nitrogens with zero attached hydrogens (tertiary/aromatic N) is 3. The Morgan fingerprint density at radius 3 is 2.67 bits per heavy atom. The second-order valence-corrected chi connectivity index (χ2v) is 6.92. The van der Waals surface area contributed by atoms with Crippen molar-refractivity contribution in [3.63, 3.8) is 0 Å². The molecule has 2 N–H and O–H groups in total. The van der Waals surface area contributed by atoms with Crippen LogP contribution < -0.4 is 10.6 Å². The summed E-state index contributed by atoms with van der Waals surface area (Å²) in [4.78, 5) is 22.2. The first kappa shape index (κ1) is 16.9. The Labute approximate surface area is 146 Å². The molecule has 128 valence electrons. The number of amides is 2. The van der Waals surface area contributed by atoms with Gasteiger partial charge in [0.2, 0.25) is 0 Å². The van der Waals surface area contributed by atoms with E-state index in [0.717, 1.165) is 31.9 Å². The van der Waals surface area contributed by atoms with Crippen LogP contribution in [0.2, 0.25) is 0 Å². The van der Waals surface area contributed by atoms with Crippen molar-refractivity contribution in [3.8, 4) is 0 Å². The van der Waals surface area contributed by atoms with Gasteiger partial charge in [0.15, 0.2) is 0 Å². The lowest BCUT2D eigenvalue weighted by Crippen LogP contribution is -2.48. The quantitative estimate of drug-likeness (QED) is 0.873. The number of hydrogen-bond acceptors (Lipinski definition) is 5. The average molecular weight is 345 g/mol. The topological polar surface area (TPSA) is 60.5 Å². The van der Waals surface area contributed by atoms with Crippen molar-refractivity contribution in [3.05, 3.63) is 46.9 Å². The second kappa shape index (κ2) is 8.23. The Kier molecular flexibility index (Phi) is 5.79. The van der Waals surface area contributed by atoms with Gasteiger partial charge in [0.25, 0.3) is 0 Å². The zero-order valence-electron chi connectivity index (χ0n) is 13.8. The Morgan fingerprint density at radius 1 is 1.25 bits per heavy atom. The van der Waals surface area contributed by atoms with E-state index in [2.05, 4.69) is 50.0 Å². The van der Waals surface area contributed by atoms with Crippen molar-refractivity contribution >= 4 is 23.1 Å². The minimum absolute atomic E-state index is 0.183. The van der Waals surface area contributed by atoms with E-state index in [1.807, 2.05) is 0 Å². The number of pyridine rings is 1. The van der Waals surface area contributed by atoms with Crippen LogP contribution in [0.4, 0.5) is 10.5 Å². The van der Waals surface area contributed by atoms with Crippen molar-refractivity contribution in [1.82, 2.24) is 20.1 Å². The normalized spacial score (nSPS) is 17.4. The first-order valence-corrected chi connectivity index (χ1v) is 9.01. The van der Waals surface area contributed by atoms with Crippen molar-refractivity contribution in [2.24, 2.45) is 0 Å². The molecular weight excluding hydrogens is 322 g/mol. The Morgan fingerprint density at radius 2 is 2.00 bits per heavy atom. The standard InChI is InChI=1S/C17H23N5OS/c1-21-8-10-22(11-9-21)15(16-3-2-12-24-16)13-19-17(23)20-14-4-6-18-7-5-14/h2-7,12,15H,8-11,13H2,1H3,(H2,18,19,20,23)/t15-/m0/s1. The van der Waals surface area contributed by atoms with E-state index in [-0.39, 0.29) is 12.1 Å². The number of aromatic nitrogens is 1. The van der Waals surface area contributed by atoms with Gasteiger partial charge in [-0.1, -0.05) is 6.07 Å². The van der Waals surface area contributed by atoms with Crippen LogP contribution in [0.3, 0.4) is 0 Å². The van der Waals surface area contributed by atoms with E-state index in [0.29, 0.717) is 6.54 Å². The molecule has 0 radical (unpaired) electrons. The van der Waals surface area contributed by atoms with E-state index in [4.69, 9.17) is 0 Å². The maximum absolute atomic E-state index is 12.2. The Hall–Kier alpha value is -1.96. The molecule has 7 heteroatoms. The number of nitrogens with one attached hydrogen (secondary N) is 2. The highest BCUT2D eigenvalue weighted by Gasteiger charge is 2.25. The van der Waals surface area contributed by atoms with Crippen LogP contribution in [0.5, 0.6) is 0 Å². The van der Waals surface area contributed by atoms with Crippen LogP contribution in [0, 0.1) is 0 Å². The van der Waals surface area contributed by atoms with E-state index < -0.39 is 0 Å². The SMILES string of the molecule is CN1CCN([C@@H](CNC(=O)Nc2ccncc2)c2cccs2)CC1. The monoisotopic (exact) mass is 345 g/mol. The minimum atomic E-state index is -0.183. The van der Waals surface area contributed by atoms with Gasteiger partial charge in [-0.15, -0.1) is 11.3 Å². The molecule has 3 heterocycles. The number of anilines is 1. The first-order chi connectivity index (χ1) is 11.7. The fraction of sp³-hybridized carbons (Fsp3) is 0.412. The highest BCUT2D eigenvalue weighted by atomic mass is 32.1. The van der Waals surface area contributed by atoms with E-state index in [1.165, 1.54) is 4.88 Å². The van der Waals surface area contributed by atoms with Crippen molar-refractivity contribution in [1.29, 1.82) is 0 Å². The Balaban J connectivity index is 1.59. The molecule has 0 bridgehead atoms. The van der Waals surface area contributed by atoms with Gasteiger partial charge in [-0.2, -0.15) is 0 Å². The lowest BCUT2D eigenvalue weighted by Gasteiger charge is -2.37. The summed E-state index contributed by atoms with van der Waals surface area (Å²) in [7, 11) is 2.15. The van der Waals surface area contributed by atoms with Crippen LogP contribution in [0.25, 0.3) is 0 Å². The van der Waals surface area contributed by atoms with Crippen LogP contribution in [0.1, 0.15) is 10.9 Å². The summed E-state index contributed by atoms with van der Waals surface area (Å²) >= 11 is 1.75. The number of piperazine rings is 1. The lowest BCUT2D eigenvalue weighted by atomic mass is 10.1. The smallest absolute Gasteiger partial charge is 0.319 e. The zero-order valence-corrected chi connectivity index (χ0v) is 14.6. The molecule has 1 saturated heterocycles. The second-order valence-electron chi connectivity index (χ2n) is 5.94. The first-order valence-electron chi connectivity index (χ1n) is 8.13. The van der Waals surface area contributed by atoms with Crippen LogP contribution in [0.15, 0.2) is 42.0 Å². The van der Waals surface area contributed by atoms with Gasteiger partial charge >= 0.3 is 6.03 Å². The van der Waals surface area contributed by atoms with Crippen LogP contribution in [-0.2, 0) is 0 Å². The number of carbonyl (C=O) groups excluding carboxylic acids is 1. The largest absolute Gasteiger partial charge is 0.336 e. The van der Waals surface area contributed by atoms with Gasteiger partial charge in [0.05, 0.1) is 6.04 Å². The molecule has 2 aromatic heterocycles. The predicted octanol–water partition coefficient (Wildman–Crippen LogP) is 2.25. The number of thiophene rings is 1. The molecule has 0 aliphatic carbocycles. The molecule has 1 atom stereocenters. The fourth-order valence-electron chi connectivity index (χ4n) is 2.82. The summed E-state index contributed by atoms with van der Waals surface area (Å²) in [5.74, 6) is 0. The molecule has 2 aromatic rings. The molecule has 24 heavy (non-hydrogen) atoms. The summed E-state index contributed by atoms with van der Waals surface area (Å²) in [6.07, 6.45) is 3.32. The number of rotatable bonds is 5. The van der Waals surface area contributed by atoms with Gasteiger partial charge in [-0.25, -0.2) is 4.79 Å². The van der Waals surface area contributed by atoms with Crippen LogP contribution >= 0.6 is 11.3 Å². The summed E-state index contributed by atoms with van der Waals surface area (Å²) in [5.41, 5.74) is 0.745. The molecule has 0 aromatic carbocycles.